The van der Waals surface area contributed by atoms with Crippen LogP contribution in [0.5, 0.6) is 0 Å². The number of rotatable bonds is 7. The Morgan fingerprint density at radius 2 is 2.26 bits per heavy atom. The third kappa shape index (κ3) is 6.64. The summed E-state index contributed by atoms with van der Waals surface area (Å²) in [5, 5.41) is 12.8. The van der Waals surface area contributed by atoms with Crippen LogP contribution in [0.4, 0.5) is 5.13 Å². The number of carbonyl (C=O) groups is 1. The minimum Gasteiger partial charge on any atom is -0.320 e. The maximum atomic E-state index is 11.9. The van der Waals surface area contributed by atoms with E-state index in [1.54, 1.807) is 11.8 Å². The highest BCUT2D eigenvalue weighted by Crippen LogP contribution is 2.20. The summed E-state index contributed by atoms with van der Waals surface area (Å²) in [5.41, 5.74) is 6.87. The van der Waals surface area contributed by atoms with Gasteiger partial charge in [-0.15, -0.1) is 22.6 Å². The van der Waals surface area contributed by atoms with Gasteiger partial charge in [-0.2, -0.15) is 11.8 Å². The third-order valence-electron chi connectivity index (χ3n) is 2.91. The van der Waals surface area contributed by atoms with Gasteiger partial charge in [0.25, 0.3) is 0 Å². The van der Waals surface area contributed by atoms with Crippen molar-refractivity contribution in [1.82, 2.24) is 10.2 Å². The second-order valence-corrected chi connectivity index (χ2v) is 7.17. The number of amides is 1. The highest BCUT2D eigenvalue weighted by Gasteiger charge is 2.15. The first kappa shape index (κ1) is 20.2. The molecule has 1 amide bonds. The Morgan fingerprint density at radius 3 is 2.96 bits per heavy atom. The molecule has 0 saturated carbocycles. The normalized spacial score (nSPS) is 11.6. The van der Waals surface area contributed by atoms with E-state index in [0.29, 0.717) is 23.0 Å². The Morgan fingerprint density at radius 1 is 1.48 bits per heavy atom. The number of hydrogen-bond acceptors (Lipinski definition) is 6. The van der Waals surface area contributed by atoms with Gasteiger partial charge in [-0.25, -0.2) is 0 Å². The monoisotopic (exact) mass is 392 g/mol. The molecule has 0 saturated heterocycles. The van der Waals surface area contributed by atoms with E-state index in [-0.39, 0.29) is 18.3 Å². The van der Waals surface area contributed by atoms with Gasteiger partial charge >= 0.3 is 0 Å². The molecule has 9 heteroatoms. The highest BCUT2D eigenvalue weighted by atomic mass is 35.5. The van der Waals surface area contributed by atoms with Crippen molar-refractivity contribution in [1.29, 1.82) is 0 Å². The molecule has 0 aliphatic rings. The second-order valence-electron chi connectivity index (χ2n) is 4.68. The zero-order valence-corrected chi connectivity index (χ0v) is 15.7. The van der Waals surface area contributed by atoms with Crippen molar-refractivity contribution >= 4 is 58.1 Å². The molecule has 0 unspecified atom stereocenters. The second kappa shape index (κ2) is 10.1. The summed E-state index contributed by atoms with van der Waals surface area (Å²) in [7, 11) is 0. The zero-order chi connectivity index (χ0) is 15.9. The summed E-state index contributed by atoms with van der Waals surface area (Å²) in [4.78, 5) is 11.9. The number of nitrogens with one attached hydrogen (secondary N) is 1. The van der Waals surface area contributed by atoms with Gasteiger partial charge in [-0.3, -0.25) is 10.1 Å². The Labute approximate surface area is 154 Å². The summed E-state index contributed by atoms with van der Waals surface area (Å²) in [6, 6.07) is 7.07. The summed E-state index contributed by atoms with van der Waals surface area (Å²) < 4.78 is 0. The van der Waals surface area contributed by atoms with Crippen LogP contribution in [-0.4, -0.2) is 34.2 Å². The first-order chi connectivity index (χ1) is 10.6. The van der Waals surface area contributed by atoms with Crippen molar-refractivity contribution < 1.29 is 4.79 Å². The van der Waals surface area contributed by atoms with Gasteiger partial charge in [0, 0.05) is 11.4 Å². The lowest BCUT2D eigenvalue weighted by Crippen LogP contribution is -2.36. The van der Waals surface area contributed by atoms with E-state index in [2.05, 4.69) is 15.5 Å². The molecule has 3 N–H and O–H groups in total. The van der Waals surface area contributed by atoms with Crippen molar-refractivity contribution in [3.63, 3.8) is 0 Å². The maximum Gasteiger partial charge on any atom is 0.243 e. The van der Waals surface area contributed by atoms with Crippen LogP contribution in [0.3, 0.4) is 0 Å². The fourth-order valence-electron chi connectivity index (χ4n) is 1.77. The van der Waals surface area contributed by atoms with Gasteiger partial charge in [0.2, 0.25) is 11.0 Å². The van der Waals surface area contributed by atoms with Crippen LogP contribution in [0.2, 0.25) is 5.02 Å². The quantitative estimate of drug-likeness (QED) is 0.755. The Hall–Kier alpha value is -0.860. The fourth-order valence-corrected chi connectivity index (χ4v) is 3.25. The van der Waals surface area contributed by atoms with Crippen LogP contribution in [0, 0.1) is 0 Å². The van der Waals surface area contributed by atoms with Gasteiger partial charge < -0.3 is 5.73 Å². The lowest BCUT2D eigenvalue weighted by molar-refractivity contribution is -0.117. The van der Waals surface area contributed by atoms with Crippen molar-refractivity contribution in [3.05, 3.63) is 39.9 Å². The standard InChI is InChI=1S/C14H17ClN4OS2.ClH/c1-21-6-5-11(16)13(20)17-14-19-18-12(22-14)8-9-3-2-4-10(15)7-9;/h2-4,7,11H,5-6,8,16H2,1H3,(H,17,19,20);1H/t11-;/m0./s1. The van der Waals surface area contributed by atoms with E-state index >= 15 is 0 Å². The van der Waals surface area contributed by atoms with Crippen LogP contribution in [0.15, 0.2) is 24.3 Å². The van der Waals surface area contributed by atoms with Gasteiger partial charge in [-0.1, -0.05) is 35.1 Å². The number of carbonyl (C=O) groups excluding carboxylic acids is 1. The number of thioether (sulfide) groups is 1. The van der Waals surface area contributed by atoms with Crippen molar-refractivity contribution in [2.75, 3.05) is 17.3 Å². The first-order valence-electron chi connectivity index (χ1n) is 6.70. The van der Waals surface area contributed by atoms with Gasteiger partial charge in [-0.05, 0) is 36.1 Å². The molecule has 1 aromatic heterocycles. The van der Waals surface area contributed by atoms with Crippen molar-refractivity contribution in [2.45, 2.75) is 18.9 Å². The minimum absolute atomic E-state index is 0. The van der Waals surface area contributed by atoms with Crippen molar-refractivity contribution in [2.24, 2.45) is 5.73 Å². The zero-order valence-electron chi connectivity index (χ0n) is 12.5. The lowest BCUT2D eigenvalue weighted by Gasteiger charge is -2.08. The van der Waals surface area contributed by atoms with Gasteiger partial charge in [0.1, 0.15) is 5.01 Å². The number of aromatic nitrogens is 2. The molecule has 5 nitrogen and oxygen atoms in total. The summed E-state index contributed by atoms with van der Waals surface area (Å²) in [6.45, 7) is 0. The molecule has 2 aromatic rings. The number of halogens is 2. The summed E-state index contributed by atoms with van der Waals surface area (Å²) in [5.74, 6) is 0.629. The van der Waals surface area contributed by atoms with E-state index in [1.165, 1.54) is 11.3 Å². The highest BCUT2D eigenvalue weighted by molar-refractivity contribution is 7.98. The van der Waals surface area contributed by atoms with E-state index in [1.807, 2.05) is 30.5 Å². The lowest BCUT2D eigenvalue weighted by atomic mass is 10.2. The number of benzene rings is 1. The molecule has 0 aliphatic carbocycles. The van der Waals surface area contributed by atoms with E-state index in [0.717, 1.165) is 16.3 Å². The Kier molecular flexibility index (Phi) is 8.86. The predicted octanol–water partition coefficient (Wildman–Crippen LogP) is 3.22. The molecule has 1 heterocycles. The smallest absolute Gasteiger partial charge is 0.243 e. The molecule has 0 bridgehead atoms. The van der Waals surface area contributed by atoms with E-state index < -0.39 is 6.04 Å². The molecule has 1 aromatic carbocycles. The molecule has 0 spiro atoms. The van der Waals surface area contributed by atoms with E-state index in [9.17, 15) is 4.79 Å². The first-order valence-corrected chi connectivity index (χ1v) is 9.29. The number of nitrogens with zero attached hydrogens (tertiary/aromatic N) is 2. The molecule has 0 fully saturated rings. The third-order valence-corrected chi connectivity index (χ3v) is 4.63. The Balaban J connectivity index is 0.00000264. The van der Waals surface area contributed by atoms with Crippen LogP contribution in [0.25, 0.3) is 0 Å². The van der Waals surface area contributed by atoms with Gasteiger partial charge in [0.05, 0.1) is 6.04 Å². The predicted molar refractivity (Wildman–Crippen MR) is 101 cm³/mol. The van der Waals surface area contributed by atoms with Crippen LogP contribution >= 0.6 is 47.1 Å². The maximum absolute atomic E-state index is 11.9. The molecule has 0 aliphatic heterocycles. The van der Waals surface area contributed by atoms with Crippen LogP contribution in [-0.2, 0) is 11.2 Å². The number of anilines is 1. The largest absolute Gasteiger partial charge is 0.320 e. The number of hydrogen-bond donors (Lipinski definition) is 2. The average molecular weight is 393 g/mol. The molecule has 0 radical (unpaired) electrons. The SMILES string of the molecule is CSCC[C@H](N)C(=O)Nc1nnc(Cc2cccc(Cl)c2)s1.Cl. The topological polar surface area (TPSA) is 80.9 Å². The van der Waals surface area contributed by atoms with Crippen LogP contribution in [0.1, 0.15) is 17.0 Å². The molecular weight excluding hydrogens is 375 g/mol. The van der Waals surface area contributed by atoms with Crippen molar-refractivity contribution in [3.8, 4) is 0 Å². The fraction of sp³-hybridized carbons (Fsp3) is 0.357. The molecule has 126 valence electrons. The Bertz CT molecular complexity index is 639. The summed E-state index contributed by atoms with van der Waals surface area (Å²) >= 11 is 8.97. The average Bonchev–Trinajstić information content (AvgIpc) is 2.91. The molecular formula is C14H18Cl2N4OS2. The number of nitrogens with two attached hydrogens (primary N) is 1. The minimum atomic E-state index is -0.521. The molecule has 1 atom stereocenters. The van der Waals surface area contributed by atoms with Gasteiger partial charge in [0.15, 0.2) is 0 Å². The summed E-state index contributed by atoms with van der Waals surface area (Å²) in [6.07, 6.45) is 3.26. The molecule has 23 heavy (non-hydrogen) atoms. The van der Waals surface area contributed by atoms with Crippen LogP contribution < -0.4 is 11.1 Å². The molecule has 2 rings (SSSR count). The van der Waals surface area contributed by atoms with E-state index in [4.69, 9.17) is 17.3 Å².